The molecule has 0 amide bonds. The Balaban J connectivity index is 1.62. The predicted octanol–water partition coefficient (Wildman–Crippen LogP) is 1.99. The molecule has 0 N–H and O–H groups in total. The number of ether oxygens (including phenoxy) is 2. The number of thioether (sulfide) groups is 1. The largest absolute Gasteiger partial charge is 0.461 e. The van der Waals surface area contributed by atoms with Gasteiger partial charge in [-0.3, -0.25) is 4.79 Å². The fraction of sp³-hybridized carbons (Fsp3) is 0.562. The predicted molar refractivity (Wildman–Crippen MR) is 87.0 cm³/mol. The Bertz CT molecular complexity index is 524. The highest BCUT2D eigenvalue weighted by Crippen LogP contribution is 2.56. The van der Waals surface area contributed by atoms with E-state index in [0.29, 0.717) is 29.4 Å². The highest BCUT2D eigenvalue weighted by molar-refractivity contribution is 8.01. The first kappa shape index (κ1) is 15.0. The lowest BCUT2D eigenvalue weighted by Gasteiger charge is -2.35. The number of hydrogen-bond donors (Lipinski definition) is 0. The van der Waals surface area contributed by atoms with Gasteiger partial charge in [-0.05, 0) is 5.56 Å². The third-order valence-electron chi connectivity index (χ3n) is 4.84. The molecule has 3 nitrogen and oxygen atoms in total. The van der Waals surface area contributed by atoms with Crippen molar-refractivity contribution in [2.24, 2.45) is 5.92 Å². The molecule has 0 spiro atoms. The molecule has 112 valence electrons. The van der Waals surface area contributed by atoms with Crippen LogP contribution in [-0.2, 0) is 20.9 Å². The minimum absolute atomic E-state index is 0.159. The van der Waals surface area contributed by atoms with Gasteiger partial charge in [0, 0.05) is 22.4 Å². The van der Waals surface area contributed by atoms with Gasteiger partial charge in [0.1, 0.15) is 14.5 Å². The molecule has 5 atom stereocenters. The van der Waals surface area contributed by atoms with Crippen molar-refractivity contribution in [3.05, 3.63) is 35.9 Å². The quantitative estimate of drug-likeness (QED) is 0.629. The van der Waals surface area contributed by atoms with Crippen molar-refractivity contribution in [1.29, 1.82) is 0 Å². The van der Waals surface area contributed by atoms with Gasteiger partial charge in [-0.2, -0.15) is 11.8 Å². The van der Waals surface area contributed by atoms with Crippen molar-refractivity contribution in [3.63, 3.8) is 0 Å². The summed E-state index contributed by atoms with van der Waals surface area (Å²) in [6.45, 7) is 4.71. The molecule has 0 saturated carbocycles. The summed E-state index contributed by atoms with van der Waals surface area (Å²) < 4.78 is 11.6. The Morgan fingerprint density at radius 2 is 2.10 bits per heavy atom. The van der Waals surface area contributed by atoms with E-state index in [0.717, 1.165) is 5.56 Å². The third kappa shape index (κ3) is 2.62. The van der Waals surface area contributed by atoms with Crippen molar-refractivity contribution in [2.45, 2.75) is 49.0 Å². The molecule has 1 aromatic carbocycles. The van der Waals surface area contributed by atoms with Crippen LogP contribution in [0.25, 0.3) is 0 Å². The molecule has 3 rings (SSSR count). The zero-order chi connectivity index (χ0) is 15.0. The fourth-order valence-corrected chi connectivity index (χ4v) is 5.41. The molecule has 2 bridgehead atoms. The van der Waals surface area contributed by atoms with Gasteiger partial charge in [0.25, 0.3) is 0 Å². The second kappa shape index (κ2) is 5.69. The average molecular weight is 304 g/mol. The molecule has 1 aromatic rings. The number of fused-ring (bicyclic) bond motifs is 2. The first-order valence-electron chi connectivity index (χ1n) is 7.56. The molecule has 5 heteroatoms. The Kier molecular flexibility index (Phi) is 4.06. The van der Waals surface area contributed by atoms with Crippen LogP contribution < -0.4 is 0 Å². The molecule has 2 heterocycles. The SMILES string of the molecule is B[C@@H]1O[C@@]2(CC(=O)OCc3ccccc3)C(C)SC1[C@H]2C. The van der Waals surface area contributed by atoms with Gasteiger partial charge in [0.15, 0.2) is 0 Å². The van der Waals surface area contributed by atoms with Crippen LogP contribution in [0, 0.1) is 5.92 Å². The summed E-state index contributed by atoms with van der Waals surface area (Å²) in [5.41, 5.74) is 0.673. The van der Waals surface area contributed by atoms with Crippen molar-refractivity contribution in [2.75, 3.05) is 0 Å². The van der Waals surface area contributed by atoms with Gasteiger partial charge < -0.3 is 9.47 Å². The van der Waals surface area contributed by atoms with Crippen molar-refractivity contribution < 1.29 is 14.3 Å². The number of hydrogen-bond acceptors (Lipinski definition) is 4. The summed E-state index contributed by atoms with van der Waals surface area (Å²) in [5.74, 6) is 0.240. The molecular formula is C16H21BO3S. The molecule has 2 aliphatic heterocycles. The lowest BCUT2D eigenvalue weighted by Crippen LogP contribution is -2.44. The zero-order valence-electron chi connectivity index (χ0n) is 12.7. The first-order chi connectivity index (χ1) is 10.0. The summed E-state index contributed by atoms with van der Waals surface area (Å²) in [6.07, 6.45) is 0.357. The van der Waals surface area contributed by atoms with Crippen LogP contribution in [0.3, 0.4) is 0 Å². The highest BCUT2D eigenvalue weighted by Gasteiger charge is 2.61. The number of benzene rings is 1. The standard InChI is InChI=1S/C16H21BO3S/c1-10-14-15(17)20-16(10,11(2)21-14)8-13(18)19-9-12-6-4-3-5-7-12/h3-7,10-11,14-15H,8-9,17H2,1-2H3/t10-,11?,14?,15-,16-/m1/s1. The van der Waals surface area contributed by atoms with Crippen LogP contribution >= 0.6 is 11.8 Å². The molecule has 0 radical (unpaired) electrons. The van der Waals surface area contributed by atoms with Crippen LogP contribution in [-0.4, -0.2) is 35.9 Å². The van der Waals surface area contributed by atoms with Gasteiger partial charge >= 0.3 is 5.97 Å². The Labute approximate surface area is 131 Å². The van der Waals surface area contributed by atoms with E-state index in [1.165, 1.54) is 0 Å². The lowest BCUT2D eigenvalue weighted by molar-refractivity contribution is -0.153. The smallest absolute Gasteiger partial charge is 0.309 e. The average Bonchev–Trinajstić information content (AvgIpc) is 2.84. The number of esters is 1. The molecule has 2 saturated heterocycles. The summed E-state index contributed by atoms with van der Waals surface area (Å²) in [7, 11) is 2.11. The van der Waals surface area contributed by atoms with Crippen molar-refractivity contribution in [3.8, 4) is 0 Å². The van der Waals surface area contributed by atoms with Crippen LogP contribution in [0.2, 0.25) is 0 Å². The van der Waals surface area contributed by atoms with Crippen LogP contribution in [0.5, 0.6) is 0 Å². The van der Waals surface area contributed by atoms with Gasteiger partial charge in [-0.1, -0.05) is 44.2 Å². The van der Waals surface area contributed by atoms with Gasteiger partial charge in [-0.15, -0.1) is 0 Å². The monoisotopic (exact) mass is 304 g/mol. The second-order valence-corrected chi connectivity index (χ2v) is 7.66. The summed E-state index contributed by atoms with van der Waals surface area (Å²) in [5, 5.41) is 0.847. The molecule has 0 aliphatic carbocycles. The molecular weight excluding hydrogens is 283 g/mol. The van der Waals surface area contributed by atoms with Crippen molar-refractivity contribution >= 4 is 25.6 Å². The fourth-order valence-electron chi connectivity index (χ4n) is 3.61. The maximum absolute atomic E-state index is 12.2. The zero-order valence-corrected chi connectivity index (χ0v) is 13.6. The van der Waals surface area contributed by atoms with E-state index in [4.69, 9.17) is 9.47 Å². The van der Waals surface area contributed by atoms with Gasteiger partial charge in [0.2, 0.25) is 0 Å². The molecule has 21 heavy (non-hydrogen) atoms. The van der Waals surface area contributed by atoms with Crippen LogP contribution in [0.4, 0.5) is 0 Å². The Morgan fingerprint density at radius 1 is 1.38 bits per heavy atom. The Morgan fingerprint density at radius 3 is 2.71 bits per heavy atom. The maximum Gasteiger partial charge on any atom is 0.309 e. The van der Waals surface area contributed by atoms with E-state index in [2.05, 4.69) is 21.7 Å². The minimum atomic E-state index is -0.345. The van der Waals surface area contributed by atoms with Gasteiger partial charge in [0.05, 0.1) is 12.0 Å². The molecule has 2 fully saturated rings. The van der Waals surface area contributed by atoms with E-state index >= 15 is 0 Å². The van der Waals surface area contributed by atoms with E-state index < -0.39 is 0 Å². The van der Waals surface area contributed by atoms with E-state index in [-0.39, 0.29) is 17.6 Å². The summed E-state index contributed by atoms with van der Waals surface area (Å²) in [6, 6.07) is 10.0. The van der Waals surface area contributed by atoms with Crippen LogP contribution in [0.1, 0.15) is 25.8 Å². The van der Waals surface area contributed by atoms with E-state index in [1.807, 2.05) is 42.1 Å². The van der Waals surface area contributed by atoms with E-state index in [1.54, 1.807) is 0 Å². The van der Waals surface area contributed by atoms with Crippen LogP contribution in [0.15, 0.2) is 30.3 Å². The molecule has 2 unspecified atom stereocenters. The Hall–Kier alpha value is -0.935. The first-order valence-corrected chi connectivity index (χ1v) is 8.50. The van der Waals surface area contributed by atoms with Gasteiger partial charge in [-0.25, -0.2) is 0 Å². The van der Waals surface area contributed by atoms with Crippen molar-refractivity contribution in [1.82, 2.24) is 0 Å². The maximum atomic E-state index is 12.2. The second-order valence-electron chi connectivity index (χ2n) is 6.13. The molecule has 2 aliphatic rings. The number of carbonyl (C=O) groups is 1. The topological polar surface area (TPSA) is 35.5 Å². The number of carbonyl (C=O) groups excluding carboxylic acids is 1. The number of rotatable bonds is 4. The third-order valence-corrected chi connectivity index (χ3v) is 6.76. The summed E-state index contributed by atoms with van der Waals surface area (Å²) in [4.78, 5) is 12.2. The summed E-state index contributed by atoms with van der Waals surface area (Å²) >= 11 is 1.95. The highest BCUT2D eigenvalue weighted by atomic mass is 32.2. The van der Waals surface area contributed by atoms with E-state index in [9.17, 15) is 4.79 Å². The minimum Gasteiger partial charge on any atom is -0.461 e. The lowest BCUT2D eigenvalue weighted by atomic mass is 9.82. The molecule has 0 aromatic heterocycles. The normalized spacial score (nSPS) is 37.6.